The molecule has 3 aromatic rings. The van der Waals surface area contributed by atoms with Gasteiger partial charge in [0, 0.05) is 6.54 Å². The molecule has 28 heavy (non-hydrogen) atoms. The molecule has 0 unspecified atom stereocenters. The zero-order valence-corrected chi connectivity index (χ0v) is 15.7. The van der Waals surface area contributed by atoms with Crippen LogP contribution in [0.5, 0.6) is 5.75 Å². The first-order valence-electron chi connectivity index (χ1n) is 8.82. The molecule has 1 aromatic heterocycles. The van der Waals surface area contributed by atoms with Gasteiger partial charge in [-0.2, -0.15) is 0 Å². The minimum Gasteiger partial charge on any atom is -0.495 e. The molecule has 0 bridgehead atoms. The quantitative estimate of drug-likeness (QED) is 0.651. The van der Waals surface area contributed by atoms with Gasteiger partial charge in [-0.15, -0.1) is 0 Å². The Labute approximate surface area is 162 Å². The number of amides is 1. The highest BCUT2D eigenvalue weighted by atomic mass is 19.1. The molecule has 0 aliphatic rings. The summed E-state index contributed by atoms with van der Waals surface area (Å²) in [6.07, 6.45) is 3.39. The lowest BCUT2D eigenvalue weighted by Crippen LogP contribution is -2.15. The number of nitrogens with zero attached hydrogens (tertiary/aromatic N) is 2. The smallest absolute Gasteiger partial charge is 0.275 e. The van der Waals surface area contributed by atoms with E-state index in [1.54, 1.807) is 31.4 Å². The van der Waals surface area contributed by atoms with Gasteiger partial charge in [0.15, 0.2) is 0 Å². The largest absolute Gasteiger partial charge is 0.495 e. The number of carbonyl (C=O) groups is 1. The van der Waals surface area contributed by atoms with Crippen molar-refractivity contribution in [2.75, 3.05) is 24.3 Å². The molecule has 3 rings (SSSR count). The van der Waals surface area contributed by atoms with Crippen LogP contribution >= 0.6 is 0 Å². The number of anilines is 2. The molecule has 144 valence electrons. The van der Waals surface area contributed by atoms with Crippen LogP contribution < -0.4 is 15.4 Å². The second-order valence-electron chi connectivity index (χ2n) is 6.21. The van der Waals surface area contributed by atoms with Gasteiger partial charge in [0.1, 0.15) is 23.1 Å². The first kappa shape index (κ1) is 19.3. The first-order valence-corrected chi connectivity index (χ1v) is 8.82. The molecular weight excluding hydrogens is 359 g/mol. The van der Waals surface area contributed by atoms with Crippen molar-refractivity contribution in [2.24, 2.45) is 0 Å². The maximum Gasteiger partial charge on any atom is 0.275 e. The predicted octanol–water partition coefficient (Wildman–Crippen LogP) is 3.84. The van der Waals surface area contributed by atoms with E-state index in [4.69, 9.17) is 4.74 Å². The molecule has 6 nitrogen and oxygen atoms in total. The van der Waals surface area contributed by atoms with Crippen LogP contribution in [0.15, 0.2) is 54.9 Å². The van der Waals surface area contributed by atoms with E-state index in [0.29, 0.717) is 35.8 Å². The van der Waals surface area contributed by atoms with Gasteiger partial charge in [-0.1, -0.05) is 24.3 Å². The normalized spacial score (nSPS) is 10.4. The van der Waals surface area contributed by atoms with Gasteiger partial charge in [0.05, 0.1) is 25.2 Å². The van der Waals surface area contributed by atoms with Crippen LogP contribution in [0.1, 0.15) is 21.6 Å². The lowest BCUT2D eigenvalue weighted by molar-refractivity contribution is 0.102. The van der Waals surface area contributed by atoms with Crippen molar-refractivity contribution in [2.45, 2.75) is 13.3 Å². The standard InChI is InChI=1S/C21H21FN4O2/c1-14-7-8-19(28-2)17(11-14)26-21(27)18-12-25-20(13-24-18)23-10-9-15-5-3-4-6-16(15)22/h3-8,11-13H,9-10H2,1-2H3,(H,23,25)(H,26,27). The van der Waals surface area contributed by atoms with Crippen LogP contribution in [0.25, 0.3) is 0 Å². The van der Waals surface area contributed by atoms with Gasteiger partial charge in [0.2, 0.25) is 0 Å². The number of nitrogens with one attached hydrogen (secondary N) is 2. The third-order valence-electron chi connectivity index (χ3n) is 4.15. The Bertz CT molecular complexity index is 961. The molecule has 0 atom stereocenters. The van der Waals surface area contributed by atoms with Gasteiger partial charge in [-0.05, 0) is 42.7 Å². The molecule has 1 heterocycles. The minimum atomic E-state index is -0.380. The number of halogens is 1. The fraction of sp³-hybridized carbons (Fsp3) is 0.190. The maximum absolute atomic E-state index is 13.6. The molecule has 0 saturated heterocycles. The number of hydrogen-bond donors (Lipinski definition) is 2. The van der Waals surface area contributed by atoms with E-state index in [1.165, 1.54) is 18.5 Å². The number of aromatic nitrogens is 2. The van der Waals surface area contributed by atoms with Crippen molar-refractivity contribution >= 4 is 17.4 Å². The van der Waals surface area contributed by atoms with Crippen LogP contribution in [0.2, 0.25) is 0 Å². The molecule has 0 saturated carbocycles. The second-order valence-corrected chi connectivity index (χ2v) is 6.21. The average Bonchev–Trinajstić information content (AvgIpc) is 2.70. The number of hydrogen-bond acceptors (Lipinski definition) is 5. The topological polar surface area (TPSA) is 76.1 Å². The highest BCUT2D eigenvalue weighted by Crippen LogP contribution is 2.25. The van der Waals surface area contributed by atoms with E-state index in [1.807, 2.05) is 19.1 Å². The van der Waals surface area contributed by atoms with Crippen LogP contribution in [-0.2, 0) is 6.42 Å². The number of benzene rings is 2. The Morgan fingerprint density at radius 3 is 2.68 bits per heavy atom. The van der Waals surface area contributed by atoms with Crippen LogP contribution in [0, 0.1) is 12.7 Å². The summed E-state index contributed by atoms with van der Waals surface area (Å²) in [7, 11) is 1.54. The van der Waals surface area contributed by atoms with E-state index in [9.17, 15) is 9.18 Å². The van der Waals surface area contributed by atoms with E-state index >= 15 is 0 Å². The Balaban J connectivity index is 1.58. The third-order valence-corrected chi connectivity index (χ3v) is 4.15. The minimum absolute atomic E-state index is 0.184. The zero-order chi connectivity index (χ0) is 19.9. The maximum atomic E-state index is 13.6. The Morgan fingerprint density at radius 2 is 1.96 bits per heavy atom. The van der Waals surface area contributed by atoms with Crippen molar-refractivity contribution < 1.29 is 13.9 Å². The van der Waals surface area contributed by atoms with E-state index in [-0.39, 0.29) is 17.4 Å². The van der Waals surface area contributed by atoms with E-state index in [0.717, 1.165) is 5.56 Å². The summed E-state index contributed by atoms with van der Waals surface area (Å²) in [6, 6.07) is 12.2. The van der Waals surface area contributed by atoms with Crippen molar-refractivity contribution in [1.82, 2.24) is 9.97 Å². The summed E-state index contributed by atoms with van der Waals surface area (Å²) in [5.41, 5.74) is 2.38. The monoisotopic (exact) mass is 380 g/mol. The molecular formula is C21H21FN4O2. The van der Waals surface area contributed by atoms with Gasteiger partial charge >= 0.3 is 0 Å². The molecule has 0 spiro atoms. The Hall–Kier alpha value is -3.48. The van der Waals surface area contributed by atoms with Crippen LogP contribution in [0.3, 0.4) is 0 Å². The first-order chi connectivity index (χ1) is 13.6. The van der Waals surface area contributed by atoms with Crippen molar-refractivity contribution in [3.8, 4) is 5.75 Å². The fourth-order valence-electron chi connectivity index (χ4n) is 2.67. The predicted molar refractivity (Wildman–Crippen MR) is 106 cm³/mol. The highest BCUT2D eigenvalue weighted by Gasteiger charge is 2.12. The molecule has 0 aliphatic carbocycles. The van der Waals surface area contributed by atoms with Gasteiger partial charge < -0.3 is 15.4 Å². The lowest BCUT2D eigenvalue weighted by atomic mass is 10.1. The molecule has 0 fully saturated rings. The molecule has 0 radical (unpaired) electrons. The van der Waals surface area contributed by atoms with Crippen molar-refractivity contribution in [3.63, 3.8) is 0 Å². The van der Waals surface area contributed by atoms with Crippen molar-refractivity contribution in [3.05, 3.63) is 77.5 Å². The van der Waals surface area contributed by atoms with Crippen molar-refractivity contribution in [1.29, 1.82) is 0 Å². The summed E-state index contributed by atoms with van der Waals surface area (Å²) in [6.45, 7) is 2.43. The Morgan fingerprint density at radius 1 is 1.14 bits per heavy atom. The van der Waals surface area contributed by atoms with Gasteiger partial charge in [0.25, 0.3) is 5.91 Å². The highest BCUT2D eigenvalue weighted by molar-refractivity contribution is 6.03. The second kappa shape index (κ2) is 8.94. The Kier molecular flexibility index (Phi) is 6.16. The zero-order valence-electron chi connectivity index (χ0n) is 15.7. The van der Waals surface area contributed by atoms with E-state index in [2.05, 4.69) is 20.6 Å². The van der Waals surface area contributed by atoms with Gasteiger partial charge in [-0.25, -0.2) is 14.4 Å². The molecule has 7 heteroatoms. The summed E-state index contributed by atoms with van der Waals surface area (Å²) in [4.78, 5) is 20.7. The number of rotatable bonds is 7. The summed E-state index contributed by atoms with van der Waals surface area (Å²) in [5, 5.41) is 5.85. The molecule has 0 aliphatic heterocycles. The van der Waals surface area contributed by atoms with E-state index < -0.39 is 0 Å². The molecule has 2 N–H and O–H groups in total. The van der Waals surface area contributed by atoms with Crippen LogP contribution in [-0.4, -0.2) is 29.5 Å². The summed E-state index contributed by atoms with van der Waals surface area (Å²) < 4.78 is 18.9. The number of aryl methyl sites for hydroxylation is 1. The summed E-state index contributed by atoms with van der Waals surface area (Å²) >= 11 is 0. The summed E-state index contributed by atoms with van der Waals surface area (Å²) in [5.74, 6) is 0.475. The number of ether oxygens (including phenoxy) is 1. The third kappa shape index (κ3) is 4.82. The average molecular weight is 380 g/mol. The molecule has 2 aromatic carbocycles. The number of carbonyl (C=O) groups excluding carboxylic acids is 1. The molecule has 1 amide bonds. The van der Waals surface area contributed by atoms with Crippen LogP contribution in [0.4, 0.5) is 15.9 Å². The van der Waals surface area contributed by atoms with Gasteiger partial charge in [-0.3, -0.25) is 4.79 Å². The lowest BCUT2D eigenvalue weighted by Gasteiger charge is -2.11. The fourth-order valence-corrected chi connectivity index (χ4v) is 2.67. The number of methoxy groups -OCH3 is 1. The SMILES string of the molecule is COc1ccc(C)cc1NC(=O)c1cnc(NCCc2ccccc2F)cn1.